The minimum absolute atomic E-state index is 0.955. The van der Waals surface area contributed by atoms with Gasteiger partial charge in [0.15, 0.2) is 0 Å². The zero-order valence-electron chi connectivity index (χ0n) is 6.07. The molecule has 1 aromatic heterocycles. The molecule has 60 valence electrons. The Hall–Kier alpha value is -0.490. The van der Waals surface area contributed by atoms with E-state index in [9.17, 15) is 0 Å². The number of nitrogens with zero attached hydrogens (tertiary/aromatic N) is 2. The second-order valence-corrected chi connectivity index (χ2v) is 4.15. The molecule has 0 atom stereocenters. The van der Waals surface area contributed by atoms with Gasteiger partial charge in [-0.2, -0.15) is 0 Å². The van der Waals surface area contributed by atoms with Crippen molar-refractivity contribution in [3.05, 3.63) is 33.2 Å². The Kier molecular flexibility index (Phi) is 2.36. The van der Waals surface area contributed by atoms with E-state index in [2.05, 4.69) is 56.4 Å². The van der Waals surface area contributed by atoms with Gasteiger partial charge in [0.25, 0.3) is 0 Å². The van der Waals surface area contributed by atoms with E-state index in [1.54, 1.807) is 0 Å². The van der Waals surface area contributed by atoms with Crippen LogP contribution in [0.15, 0.2) is 29.6 Å². The van der Waals surface area contributed by atoms with E-state index in [4.69, 9.17) is 0 Å². The fraction of sp³-hybridized carbons (Fsp3) is 0. The number of benzene rings is 1. The van der Waals surface area contributed by atoms with Crippen molar-refractivity contribution >= 4 is 34.1 Å². The first-order valence-electron chi connectivity index (χ1n) is 3.39. The third-order valence-corrected chi connectivity index (χ3v) is 2.72. The number of hydrogen-bond donors (Lipinski definition) is 0. The normalized spacial score (nSPS) is 10.1. The molecule has 4 heteroatoms. The molecule has 0 bridgehead atoms. The highest BCUT2D eigenvalue weighted by Crippen LogP contribution is 2.18. The van der Waals surface area contributed by atoms with E-state index in [1.807, 2.05) is 5.38 Å². The van der Waals surface area contributed by atoms with Crippen LogP contribution >= 0.6 is 34.1 Å². The van der Waals surface area contributed by atoms with E-state index in [-0.39, 0.29) is 0 Å². The average molecular weight is 288 g/mol. The highest BCUT2D eigenvalue weighted by molar-refractivity contribution is 14.1. The van der Waals surface area contributed by atoms with Gasteiger partial charge in [0.1, 0.15) is 5.69 Å². The Balaban J connectivity index is 2.43. The standard InChI is InChI=1S/C8H5IN2S/c9-7-3-1-6(2-4-7)8-5-12-11-10-8/h1-5H. The molecule has 0 N–H and O–H groups in total. The van der Waals surface area contributed by atoms with Gasteiger partial charge >= 0.3 is 0 Å². The number of rotatable bonds is 1. The zero-order valence-corrected chi connectivity index (χ0v) is 9.04. The molecule has 1 aromatic carbocycles. The van der Waals surface area contributed by atoms with E-state index >= 15 is 0 Å². The van der Waals surface area contributed by atoms with Crippen molar-refractivity contribution in [2.24, 2.45) is 0 Å². The molecule has 0 unspecified atom stereocenters. The molecule has 0 amide bonds. The van der Waals surface area contributed by atoms with Gasteiger partial charge in [0.05, 0.1) is 0 Å². The summed E-state index contributed by atoms with van der Waals surface area (Å²) in [5, 5.41) is 5.93. The third-order valence-electron chi connectivity index (χ3n) is 1.50. The maximum atomic E-state index is 3.98. The van der Waals surface area contributed by atoms with Gasteiger partial charge < -0.3 is 0 Å². The molecule has 0 saturated carbocycles. The van der Waals surface area contributed by atoms with Crippen LogP contribution < -0.4 is 0 Å². The molecule has 0 aliphatic heterocycles. The molecule has 2 aromatic rings. The van der Waals surface area contributed by atoms with E-state index in [0.717, 1.165) is 11.3 Å². The lowest BCUT2D eigenvalue weighted by molar-refractivity contribution is 1.16. The molecule has 0 spiro atoms. The fourth-order valence-electron chi connectivity index (χ4n) is 0.911. The molecular formula is C8H5IN2S. The molecule has 12 heavy (non-hydrogen) atoms. The second-order valence-electron chi connectivity index (χ2n) is 2.30. The van der Waals surface area contributed by atoms with Gasteiger partial charge in [-0.25, -0.2) is 0 Å². The summed E-state index contributed by atoms with van der Waals surface area (Å²) in [6.45, 7) is 0. The van der Waals surface area contributed by atoms with Gasteiger partial charge in [-0.15, -0.1) is 5.10 Å². The SMILES string of the molecule is Ic1ccc(-c2csnn2)cc1. The van der Waals surface area contributed by atoms with Crippen molar-refractivity contribution < 1.29 is 0 Å². The lowest BCUT2D eigenvalue weighted by Crippen LogP contribution is -1.77. The van der Waals surface area contributed by atoms with Crippen LogP contribution in [-0.4, -0.2) is 9.59 Å². The van der Waals surface area contributed by atoms with Crippen molar-refractivity contribution in [3.8, 4) is 11.3 Å². The molecule has 0 aliphatic rings. The largest absolute Gasteiger partial charge is 0.138 e. The minimum atomic E-state index is 0.955. The molecule has 0 aliphatic carbocycles. The van der Waals surface area contributed by atoms with Gasteiger partial charge in [0.2, 0.25) is 0 Å². The monoisotopic (exact) mass is 288 g/mol. The summed E-state index contributed by atoms with van der Waals surface area (Å²) in [6, 6.07) is 8.24. The molecule has 2 rings (SSSR count). The summed E-state index contributed by atoms with van der Waals surface area (Å²) in [5.41, 5.74) is 2.08. The number of halogens is 1. The van der Waals surface area contributed by atoms with Crippen molar-refractivity contribution in [2.75, 3.05) is 0 Å². The van der Waals surface area contributed by atoms with Crippen LogP contribution in [0.4, 0.5) is 0 Å². The number of hydrogen-bond acceptors (Lipinski definition) is 3. The van der Waals surface area contributed by atoms with Crippen LogP contribution in [0.2, 0.25) is 0 Å². The van der Waals surface area contributed by atoms with Crippen LogP contribution in [0.5, 0.6) is 0 Å². The van der Waals surface area contributed by atoms with Gasteiger partial charge in [-0.3, -0.25) is 0 Å². The minimum Gasteiger partial charge on any atom is -0.138 e. The highest BCUT2D eigenvalue weighted by Gasteiger charge is 1.98. The topological polar surface area (TPSA) is 25.8 Å². The van der Waals surface area contributed by atoms with E-state index in [1.165, 1.54) is 15.1 Å². The highest BCUT2D eigenvalue weighted by atomic mass is 127. The zero-order chi connectivity index (χ0) is 8.39. The van der Waals surface area contributed by atoms with Crippen LogP contribution in [0.25, 0.3) is 11.3 Å². The number of aromatic nitrogens is 2. The lowest BCUT2D eigenvalue weighted by atomic mass is 10.2. The molecule has 2 nitrogen and oxygen atoms in total. The average Bonchev–Trinajstić information content (AvgIpc) is 2.58. The van der Waals surface area contributed by atoms with Gasteiger partial charge in [-0.1, -0.05) is 16.6 Å². The maximum absolute atomic E-state index is 3.98. The van der Waals surface area contributed by atoms with Crippen molar-refractivity contribution in [1.29, 1.82) is 0 Å². The summed E-state index contributed by atoms with van der Waals surface area (Å²) in [4.78, 5) is 0. The Morgan fingerprint density at radius 2 is 1.92 bits per heavy atom. The van der Waals surface area contributed by atoms with E-state index < -0.39 is 0 Å². The fourth-order valence-corrected chi connectivity index (χ4v) is 1.74. The first-order chi connectivity index (χ1) is 5.86. The van der Waals surface area contributed by atoms with Crippen LogP contribution in [0.3, 0.4) is 0 Å². The summed E-state index contributed by atoms with van der Waals surface area (Å²) < 4.78 is 5.05. The van der Waals surface area contributed by atoms with Crippen LogP contribution in [0.1, 0.15) is 0 Å². The second kappa shape index (κ2) is 3.49. The van der Waals surface area contributed by atoms with Crippen molar-refractivity contribution in [1.82, 2.24) is 9.59 Å². The predicted molar refractivity (Wildman–Crippen MR) is 58.1 cm³/mol. The summed E-state index contributed by atoms with van der Waals surface area (Å²) in [5.74, 6) is 0. The Labute approximate surface area is 87.9 Å². The smallest absolute Gasteiger partial charge is 0.105 e. The van der Waals surface area contributed by atoms with E-state index in [0.29, 0.717) is 0 Å². The molecule has 0 radical (unpaired) electrons. The van der Waals surface area contributed by atoms with Crippen molar-refractivity contribution in [2.45, 2.75) is 0 Å². The Morgan fingerprint density at radius 1 is 1.17 bits per heavy atom. The molecular weight excluding hydrogens is 283 g/mol. The van der Waals surface area contributed by atoms with Crippen LogP contribution in [-0.2, 0) is 0 Å². The Bertz CT molecular complexity index is 355. The Morgan fingerprint density at radius 3 is 2.50 bits per heavy atom. The van der Waals surface area contributed by atoms with Gasteiger partial charge in [-0.05, 0) is 46.3 Å². The third kappa shape index (κ3) is 1.64. The summed E-state index contributed by atoms with van der Waals surface area (Å²) in [7, 11) is 0. The summed E-state index contributed by atoms with van der Waals surface area (Å²) in [6.07, 6.45) is 0. The van der Waals surface area contributed by atoms with Crippen molar-refractivity contribution in [3.63, 3.8) is 0 Å². The first kappa shape index (κ1) is 8.12. The van der Waals surface area contributed by atoms with Crippen LogP contribution in [0, 0.1) is 3.57 Å². The summed E-state index contributed by atoms with van der Waals surface area (Å²) >= 11 is 3.66. The lowest BCUT2D eigenvalue weighted by Gasteiger charge is -1.94. The molecule has 1 heterocycles. The quantitative estimate of drug-likeness (QED) is 0.754. The molecule has 0 saturated heterocycles. The van der Waals surface area contributed by atoms with Gasteiger partial charge in [0, 0.05) is 14.5 Å². The molecule has 0 fully saturated rings. The predicted octanol–water partition coefficient (Wildman–Crippen LogP) is 2.81. The first-order valence-corrected chi connectivity index (χ1v) is 5.31. The maximum Gasteiger partial charge on any atom is 0.105 e.